The molecule has 1 aromatic rings. The first-order valence-corrected chi connectivity index (χ1v) is 5.61. The standard InChI is InChI=1S/C13H18O4/c1-4-9(2)12(14)17-11-8-6-5-7-10(11)13(15)16-3/h5-9,13,15H,4H2,1-3H3. The zero-order valence-electron chi connectivity index (χ0n) is 10.3. The van der Waals surface area contributed by atoms with Gasteiger partial charge < -0.3 is 14.6 Å². The molecule has 1 aromatic carbocycles. The van der Waals surface area contributed by atoms with Crippen molar-refractivity contribution in [2.45, 2.75) is 26.6 Å². The molecule has 17 heavy (non-hydrogen) atoms. The quantitative estimate of drug-likeness (QED) is 0.485. The second-order valence-electron chi connectivity index (χ2n) is 3.86. The molecule has 0 radical (unpaired) electrons. The van der Waals surface area contributed by atoms with Crippen LogP contribution in [0.4, 0.5) is 0 Å². The third kappa shape index (κ3) is 3.54. The fourth-order valence-corrected chi connectivity index (χ4v) is 1.28. The molecule has 94 valence electrons. The third-order valence-corrected chi connectivity index (χ3v) is 2.63. The predicted molar refractivity (Wildman–Crippen MR) is 63.5 cm³/mol. The van der Waals surface area contributed by atoms with E-state index in [0.29, 0.717) is 17.7 Å². The minimum atomic E-state index is -1.09. The molecule has 0 spiro atoms. The van der Waals surface area contributed by atoms with E-state index in [1.54, 1.807) is 31.2 Å². The van der Waals surface area contributed by atoms with Crippen molar-refractivity contribution in [3.05, 3.63) is 29.8 Å². The van der Waals surface area contributed by atoms with Crippen LogP contribution in [0, 0.1) is 5.92 Å². The summed E-state index contributed by atoms with van der Waals surface area (Å²) >= 11 is 0. The predicted octanol–water partition coefficient (Wildman–Crippen LogP) is 2.28. The van der Waals surface area contributed by atoms with Gasteiger partial charge in [0, 0.05) is 7.11 Å². The molecule has 0 bridgehead atoms. The Hall–Kier alpha value is -1.39. The van der Waals surface area contributed by atoms with Crippen molar-refractivity contribution < 1.29 is 19.4 Å². The number of para-hydroxylation sites is 1. The molecule has 0 aliphatic heterocycles. The van der Waals surface area contributed by atoms with Crippen molar-refractivity contribution >= 4 is 5.97 Å². The molecular formula is C13H18O4. The summed E-state index contributed by atoms with van der Waals surface area (Å²) in [6.45, 7) is 3.72. The number of methoxy groups -OCH3 is 1. The third-order valence-electron chi connectivity index (χ3n) is 2.63. The van der Waals surface area contributed by atoms with E-state index >= 15 is 0 Å². The van der Waals surface area contributed by atoms with Gasteiger partial charge in [0.25, 0.3) is 0 Å². The zero-order valence-corrected chi connectivity index (χ0v) is 10.3. The second-order valence-corrected chi connectivity index (χ2v) is 3.86. The van der Waals surface area contributed by atoms with Crippen LogP contribution in [0.1, 0.15) is 32.1 Å². The lowest BCUT2D eigenvalue weighted by molar-refractivity contribution is -0.138. The Bertz CT molecular complexity index is 375. The molecule has 2 atom stereocenters. The molecule has 0 aliphatic rings. The number of aliphatic hydroxyl groups excluding tert-OH is 1. The lowest BCUT2D eigenvalue weighted by Gasteiger charge is -2.15. The number of aliphatic hydroxyl groups is 1. The van der Waals surface area contributed by atoms with Crippen molar-refractivity contribution in [3.63, 3.8) is 0 Å². The van der Waals surface area contributed by atoms with Gasteiger partial charge in [0.1, 0.15) is 5.75 Å². The lowest BCUT2D eigenvalue weighted by atomic mass is 10.1. The summed E-state index contributed by atoms with van der Waals surface area (Å²) in [6.07, 6.45) is -0.371. The molecule has 1 N–H and O–H groups in total. The maximum Gasteiger partial charge on any atom is 0.314 e. The molecule has 0 amide bonds. The lowest BCUT2D eigenvalue weighted by Crippen LogP contribution is -2.18. The number of ether oxygens (including phenoxy) is 2. The molecule has 0 heterocycles. The highest BCUT2D eigenvalue weighted by Crippen LogP contribution is 2.26. The van der Waals surface area contributed by atoms with Gasteiger partial charge in [-0.05, 0) is 12.5 Å². The number of hydrogen-bond acceptors (Lipinski definition) is 4. The number of carbonyl (C=O) groups is 1. The summed E-state index contributed by atoms with van der Waals surface area (Å²) < 4.78 is 10.1. The van der Waals surface area contributed by atoms with E-state index in [1.807, 2.05) is 6.92 Å². The minimum absolute atomic E-state index is 0.164. The number of hydrogen-bond donors (Lipinski definition) is 1. The van der Waals surface area contributed by atoms with Crippen LogP contribution >= 0.6 is 0 Å². The Labute approximate surface area is 101 Å². The molecule has 0 fully saturated rings. The smallest absolute Gasteiger partial charge is 0.314 e. The largest absolute Gasteiger partial charge is 0.426 e. The zero-order chi connectivity index (χ0) is 12.8. The highest BCUT2D eigenvalue weighted by Gasteiger charge is 2.17. The van der Waals surface area contributed by atoms with Crippen molar-refractivity contribution in [1.29, 1.82) is 0 Å². The van der Waals surface area contributed by atoms with Gasteiger partial charge in [0.15, 0.2) is 6.29 Å². The van der Waals surface area contributed by atoms with E-state index in [2.05, 4.69) is 0 Å². The highest BCUT2D eigenvalue weighted by atomic mass is 16.6. The van der Waals surface area contributed by atoms with Crippen LogP contribution in [0.3, 0.4) is 0 Å². The summed E-state index contributed by atoms with van der Waals surface area (Å²) in [7, 11) is 1.39. The number of benzene rings is 1. The van der Waals surface area contributed by atoms with Gasteiger partial charge in [-0.1, -0.05) is 32.0 Å². The van der Waals surface area contributed by atoms with E-state index in [1.165, 1.54) is 7.11 Å². The molecule has 0 aliphatic carbocycles. The molecule has 1 rings (SSSR count). The first-order valence-electron chi connectivity index (χ1n) is 5.61. The molecule has 0 saturated heterocycles. The SMILES string of the molecule is CCC(C)C(=O)Oc1ccccc1C(O)OC. The topological polar surface area (TPSA) is 55.8 Å². The van der Waals surface area contributed by atoms with E-state index in [0.717, 1.165) is 0 Å². The summed E-state index contributed by atoms with van der Waals surface area (Å²) in [5.74, 6) is -0.127. The van der Waals surface area contributed by atoms with Crippen molar-refractivity contribution in [1.82, 2.24) is 0 Å². The monoisotopic (exact) mass is 238 g/mol. The molecule has 2 unspecified atom stereocenters. The molecule has 0 aromatic heterocycles. The Morgan fingerprint density at radius 3 is 2.65 bits per heavy atom. The maximum absolute atomic E-state index is 11.7. The molecule has 4 heteroatoms. The second kappa shape index (κ2) is 6.37. The first-order chi connectivity index (χ1) is 8.10. The van der Waals surface area contributed by atoms with Crippen LogP contribution < -0.4 is 4.74 Å². The van der Waals surface area contributed by atoms with Crippen LogP contribution in [0.25, 0.3) is 0 Å². The average molecular weight is 238 g/mol. The van der Waals surface area contributed by atoms with Crippen LogP contribution in [0.2, 0.25) is 0 Å². The molecule has 4 nitrogen and oxygen atoms in total. The van der Waals surface area contributed by atoms with E-state index < -0.39 is 6.29 Å². The van der Waals surface area contributed by atoms with Gasteiger partial charge in [0.05, 0.1) is 11.5 Å². The number of carbonyl (C=O) groups excluding carboxylic acids is 1. The summed E-state index contributed by atoms with van der Waals surface area (Å²) in [6, 6.07) is 6.79. The Kier molecular flexibility index (Phi) is 5.12. The van der Waals surface area contributed by atoms with Gasteiger partial charge >= 0.3 is 5.97 Å². The van der Waals surface area contributed by atoms with Gasteiger partial charge in [-0.15, -0.1) is 0 Å². The van der Waals surface area contributed by atoms with Crippen molar-refractivity contribution in [2.75, 3.05) is 7.11 Å². The normalized spacial score (nSPS) is 14.1. The summed E-state index contributed by atoms with van der Waals surface area (Å²) in [5, 5.41) is 9.61. The summed E-state index contributed by atoms with van der Waals surface area (Å²) in [5.41, 5.74) is 0.451. The van der Waals surface area contributed by atoms with Crippen LogP contribution in [-0.4, -0.2) is 18.2 Å². The number of esters is 1. The van der Waals surface area contributed by atoms with E-state index in [4.69, 9.17) is 9.47 Å². The Morgan fingerprint density at radius 1 is 1.41 bits per heavy atom. The fourth-order valence-electron chi connectivity index (χ4n) is 1.28. The van der Waals surface area contributed by atoms with Crippen LogP contribution in [0.15, 0.2) is 24.3 Å². The van der Waals surface area contributed by atoms with Gasteiger partial charge in [-0.25, -0.2) is 0 Å². The highest BCUT2D eigenvalue weighted by molar-refractivity contribution is 5.75. The average Bonchev–Trinajstić information content (AvgIpc) is 2.37. The van der Waals surface area contributed by atoms with Crippen molar-refractivity contribution in [2.24, 2.45) is 5.92 Å². The van der Waals surface area contributed by atoms with Crippen LogP contribution in [-0.2, 0) is 9.53 Å². The van der Waals surface area contributed by atoms with Gasteiger partial charge in [-0.3, -0.25) is 4.79 Å². The minimum Gasteiger partial charge on any atom is -0.426 e. The Morgan fingerprint density at radius 2 is 2.06 bits per heavy atom. The van der Waals surface area contributed by atoms with E-state index in [9.17, 15) is 9.90 Å². The number of rotatable bonds is 5. The van der Waals surface area contributed by atoms with Crippen LogP contribution in [0.5, 0.6) is 5.75 Å². The fraction of sp³-hybridized carbons (Fsp3) is 0.462. The molecular weight excluding hydrogens is 220 g/mol. The van der Waals surface area contributed by atoms with Gasteiger partial charge in [-0.2, -0.15) is 0 Å². The van der Waals surface area contributed by atoms with E-state index in [-0.39, 0.29) is 11.9 Å². The maximum atomic E-state index is 11.7. The Balaban J connectivity index is 2.87. The summed E-state index contributed by atoms with van der Waals surface area (Å²) in [4.78, 5) is 11.7. The van der Waals surface area contributed by atoms with Crippen molar-refractivity contribution in [3.8, 4) is 5.75 Å². The first kappa shape index (κ1) is 13.7. The molecule has 0 saturated carbocycles. The van der Waals surface area contributed by atoms with Gasteiger partial charge in [0.2, 0.25) is 0 Å².